The SMILES string of the molecule is CCOc1cccc2c1nc(N)n2CC1(N(C)C)CCC1. The summed E-state index contributed by atoms with van der Waals surface area (Å²) < 4.78 is 7.80. The van der Waals surface area contributed by atoms with Gasteiger partial charge in [-0.05, 0) is 52.4 Å². The summed E-state index contributed by atoms with van der Waals surface area (Å²) in [5.74, 6) is 1.39. The lowest BCUT2D eigenvalue weighted by molar-refractivity contribution is 0.0440. The van der Waals surface area contributed by atoms with Crippen LogP contribution in [-0.4, -0.2) is 40.7 Å². The van der Waals surface area contributed by atoms with Gasteiger partial charge in [-0.1, -0.05) is 6.07 Å². The smallest absolute Gasteiger partial charge is 0.201 e. The van der Waals surface area contributed by atoms with Gasteiger partial charge in [0.2, 0.25) is 5.95 Å². The largest absolute Gasteiger partial charge is 0.492 e. The second-order valence-corrected chi connectivity index (χ2v) is 6.09. The zero-order chi connectivity index (χ0) is 15.0. The molecule has 1 fully saturated rings. The molecule has 5 nitrogen and oxygen atoms in total. The van der Waals surface area contributed by atoms with Gasteiger partial charge in [-0.2, -0.15) is 0 Å². The molecule has 0 saturated heterocycles. The number of para-hydroxylation sites is 1. The Balaban J connectivity index is 2.03. The van der Waals surface area contributed by atoms with E-state index in [-0.39, 0.29) is 5.54 Å². The van der Waals surface area contributed by atoms with Gasteiger partial charge in [-0.3, -0.25) is 0 Å². The lowest BCUT2D eigenvalue weighted by atomic mass is 9.75. The number of aromatic nitrogens is 2. The van der Waals surface area contributed by atoms with Gasteiger partial charge < -0.3 is 19.9 Å². The number of imidazole rings is 1. The highest BCUT2D eigenvalue weighted by Crippen LogP contribution is 2.39. The fourth-order valence-electron chi connectivity index (χ4n) is 3.20. The first-order valence-electron chi connectivity index (χ1n) is 7.62. The maximum Gasteiger partial charge on any atom is 0.201 e. The summed E-state index contributed by atoms with van der Waals surface area (Å²) in [6, 6.07) is 6.03. The topological polar surface area (TPSA) is 56.3 Å². The molecule has 0 radical (unpaired) electrons. The van der Waals surface area contributed by atoms with Gasteiger partial charge in [0, 0.05) is 12.1 Å². The van der Waals surface area contributed by atoms with Crippen molar-refractivity contribution in [3.05, 3.63) is 18.2 Å². The molecule has 0 atom stereocenters. The summed E-state index contributed by atoms with van der Waals surface area (Å²) >= 11 is 0. The highest BCUT2D eigenvalue weighted by molar-refractivity contribution is 5.84. The number of nitrogens with zero attached hydrogens (tertiary/aromatic N) is 3. The Kier molecular flexibility index (Phi) is 3.53. The normalized spacial score (nSPS) is 17.1. The Morgan fingerprint density at radius 2 is 2.14 bits per heavy atom. The predicted octanol–water partition coefficient (Wildman–Crippen LogP) is 2.50. The van der Waals surface area contributed by atoms with Crippen molar-refractivity contribution >= 4 is 17.0 Å². The van der Waals surface area contributed by atoms with Gasteiger partial charge in [0.15, 0.2) is 0 Å². The van der Waals surface area contributed by atoms with Crippen LogP contribution in [0.5, 0.6) is 5.75 Å². The molecule has 2 N–H and O–H groups in total. The van der Waals surface area contributed by atoms with Crippen LogP contribution in [0, 0.1) is 0 Å². The molecular formula is C16H24N4O. The Labute approximate surface area is 125 Å². The molecule has 0 spiro atoms. The predicted molar refractivity (Wildman–Crippen MR) is 85.6 cm³/mol. The second-order valence-electron chi connectivity index (χ2n) is 6.09. The number of rotatable bonds is 5. The molecular weight excluding hydrogens is 264 g/mol. The van der Waals surface area contributed by atoms with Crippen LogP contribution >= 0.6 is 0 Å². The van der Waals surface area contributed by atoms with E-state index in [1.54, 1.807) is 0 Å². The molecule has 1 saturated carbocycles. The summed E-state index contributed by atoms with van der Waals surface area (Å²) in [5.41, 5.74) is 8.32. The summed E-state index contributed by atoms with van der Waals surface area (Å²) in [4.78, 5) is 6.86. The highest BCUT2D eigenvalue weighted by Gasteiger charge is 2.40. The van der Waals surface area contributed by atoms with E-state index in [9.17, 15) is 0 Å². The van der Waals surface area contributed by atoms with Crippen molar-refractivity contribution in [2.45, 2.75) is 38.3 Å². The van der Waals surface area contributed by atoms with E-state index in [1.165, 1.54) is 19.3 Å². The zero-order valence-corrected chi connectivity index (χ0v) is 13.1. The minimum atomic E-state index is 0.212. The van der Waals surface area contributed by atoms with Crippen LogP contribution in [0.25, 0.3) is 11.0 Å². The molecule has 2 aromatic rings. The van der Waals surface area contributed by atoms with Crippen LogP contribution in [0.4, 0.5) is 5.95 Å². The van der Waals surface area contributed by atoms with Gasteiger partial charge in [-0.15, -0.1) is 0 Å². The maximum atomic E-state index is 6.18. The number of hydrogen-bond donors (Lipinski definition) is 1. The van der Waals surface area contributed by atoms with Crippen LogP contribution in [0.2, 0.25) is 0 Å². The Bertz CT molecular complexity index is 643. The van der Waals surface area contributed by atoms with Crippen molar-refractivity contribution in [2.75, 3.05) is 26.4 Å². The molecule has 5 heteroatoms. The fraction of sp³-hybridized carbons (Fsp3) is 0.562. The number of nitrogens with two attached hydrogens (primary N) is 1. The molecule has 1 aromatic heterocycles. The van der Waals surface area contributed by atoms with Crippen LogP contribution in [0.3, 0.4) is 0 Å². The van der Waals surface area contributed by atoms with E-state index >= 15 is 0 Å². The molecule has 1 aromatic carbocycles. The highest BCUT2D eigenvalue weighted by atomic mass is 16.5. The number of anilines is 1. The van der Waals surface area contributed by atoms with Gasteiger partial charge in [-0.25, -0.2) is 4.98 Å². The number of benzene rings is 1. The number of hydrogen-bond acceptors (Lipinski definition) is 4. The van der Waals surface area contributed by atoms with Crippen LogP contribution in [-0.2, 0) is 6.54 Å². The van der Waals surface area contributed by atoms with Crippen molar-refractivity contribution < 1.29 is 4.74 Å². The first-order chi connectivity index (χ1) is 10.1. The van der Waals surface area contributed by atoms with Crippen molar-refractivity contribution in [1.29, 1.82) is 0 Å². The molecule has 0 amide bonds. The van der Waals surface area contributed by atoms with E-state index < -0.39 is 0 Å². The van der Waals surface area contributed by atoms with Crippen LogP contribution in [0.1, 0.15) is 26.2 Å². The minimum absolute atomic E-state index is 0.212. The monoisotopic (exact) mass is 288 g/mol. The van der Waals surface area contributed by atoms with Crippen LogP contribution < -0.4 is 10.5 Å². The van der Waals surface area contributed by atoms with Crippen molar-refractivity contribution in [1.82, 2.24) is 14.5 Å². The summed E-state index contributed by atoms with van der Waals surface area (Å²) in [7, 11) is 4.31. The lowest BCUT2D eigenvalue weighted by Crippen LogP contribution is -2.53. The van der Waals surface area contributed by atoms with E-state index in [0.29, 0.717) is 12.6 Å². The number of likely N-dealkylation sites (N-methyl/N-ethyl adjacent to an activating group) is 1. The van der Waals surface area contributed by atoms with Crippen molar-refractivity contribution in [2.24, 2.45) is 0 Å². The lowest BCUT2D eigenvalue weighted by Gasteiger charge is -2.47. The third-order valence-electron chi connectivity index (χ3n) is 4.76. The standard InChI is InChI=1S/C16H24N4O/c1-4-21-13-8-5-7-12-14(13)18-15(17)20(12)11-16(19(2)3)9-6-10-16/h5,7-8H,4,6,9-11H2,1-3H3,(H2,17,18). The van der Waals surface area contributed by atoms with E-state index in [2.05, 4.69) is 34.6 Å². The van der Waals surface area contributed by atoms with Crippen LogP contribution in [0.15, 0.2) is 18.2 Å². The first-order valence-corrected chi connectivity index (χ1v) is 7.62. The Hall–Kier alpha value is -1.75. The molecule has 0 aliphatic heterocycles. The van der Waals surface area contributed by atoms with Gasteiger partial charge in [0.05, 0.1) is 12.1 Å². The number of fused-ring (bicyclic) bond motifs is 1. The Morgan fingerprint density at radius 3 is 2.71 bits per heavy atom. The first kappa shape index (κ1) is 14.2. The third-order valence-corrected chi connectivity index (χ3v) is 4.76. The van der Waals surface area contributed by atoms with Crippen molar-refractivity contribution in [3.63, 3.8) is 0 Å². The maximum absolute atomic E-state index is 6.18. The fourth-order valence-corrected chi connectivity index (χ4v) is 3.20. The summed E-state index contributed by atoms with van der Waals surface area (Å²) in [5, 5.41) is 0. The molecule has 21 heavy (non-hydrogen) atoms. The molecule has 1 aliphatic rings. The molecule has 0 unspecified atom stereocenters. The summed E-state index contributed by atoms with van der Waals surface area (Å²) in [6.07, 6.45) is 3.71. The minimum Gasteiger partial charge on any atom is -0.492 e. The molecule has 1 heterocycles. The van der Waals surface area contributed by atoms with Gasteiger partial charge in [0.1, 0.15) is 11.3 Å². The van der Waals surface area contributed by atoms with Gasteiger partial charge in [0.25, 0.3) is 0 Å². The van der Waals surface area contributed by atoms with Gasteiger partial charge >= 0.3 is 0 Å². The molecule has 1 aliphatic carbocycles. The van der Waals surface area contributed by atoms with E-state index in [4.69, 9.17) is 10.5 Å². The summed E-state index contributed by atoms with van der Waals surface area (Å²) in [6.45, 7) is 3.50. The van der Waals surface area contributed by atoms with E-state index in [1.807, 2.05) is 19.1 Å². The molecule has 114 valence electrons. The third kappa shape index (κ3) is 2.25. The number of ether oxygens (including phenoxy) is 1. The average molecular weight is 288 g/mol. The van der Waals surface area contributed by atoms with E-state index in [0.717, 1.165) is 23.3 Å². The number of nitrogen functional groups attached to an aromatic ring is 1. The quantitative estimate of drug-likeness (QED) is 0.918. The second kappa shape index (κ2) is 5.22. The average Bonchev–Trinajstić information content (AvgIpc) is 2.71. The van der Waals surface area contributed by atoms with Crippen molar-refractivity contribution in [3.8, 4) is 5.75 Å². The molecule has 0 bridgehead atoms. The Morgan fingerprint density at radius 1 is 1.38 bits per heavy atom. The zero-order valence-electron chi connectivity index (χ0n) is 13.1. The molecule has 3 rings (SSSR count).